The van der Waals surface area contributed by atoms with Gasteiger partial charge in [-0.2, -0.15) is 0 Å². The van der Waals surface area contributed by atoms with Gasteiger partial charge < -0.3 is 25.1 Å². The Morgan fingerprint density at radius 1 is 1.33 bits per heavy atom. The van der Waals surface area contributed by atoms with Gasteiger partial charge >= 0.3 is 0 Å². The highest BCUT2D eigenvalue weighted by atomic mass is 16.5. The third kappa shape index (κ3) is 4.52. The summed E-state index contributed by atoms with van der Waals surface area (Å²) in [7, 11) is 1.60. The van der Waals surface area contributed by atoms with Gasteiger partial charge in [-0.15, -0.1) is 0 Å². The molecule has 0 amide bonds. The van der Waals surface area contributed by atoms with Crippen LogP contribution in [-0.4, -0.2) is 38.1 Å². The van der Waals surface area contributed by atoms with Crippen molar-refractivity contribution < 1.29 is 19.3 Å². The first-order chi connectivity index (χ1) is 8.71. The lowest BCUT2D eigenvalue weighted by molar-refractivity contribution is 0.0328. The van der Waals surface area contributed by atoms with Crippen molar-refractivity contribution in [3.63, 3.8) is 0 Å². The van der Waals surface area contributed by atoms with Gasteiger partial charge in [0.1, 0.15) is 0 Å². The predicted molar refractivity (Wildman–Crippen MR) is 68.9 cm³/mol. The Kier molecular flexibility index (Phi) is 6.49. The van der Waals surface area contributed by atoms with Gasteiger partial charge in [0.2, 0.25) is 0 Å². The van der Waals surface area contributed by atoms with Crippen molar-refractivity contribution in [3.8, 4) is 11.5 Å². The second kappa shape index (κ2) is 7.92. The van der Waals surface area contributed by atoms with E-state index in [0.717, 1.165) is 5.56 Å². The number of nitrogens with two attached hydrogens (primary N) is 1. The Hall–Kier alpha value is -1.30. The molecular formula is C13H21NO4. The van der Waals surface area contributed by atoms with E-state index in [1.807, 2.05) is 25.1 Å². The summed E-state index contributed by atoms with van der Waals surface area (Å²) in [4.78, 5) is 0. The van der Waals surface area contributed by atoms with E-state index in [-0.39, 0.29) is 13.2 Å². The highest BCUT2D eigenvalue weighted by Gasteiger charge is 2.06. The number of methoxy groups -OCH3 is 1. The van der Waals surface area contributed by atoms with E-state index in [4.69, 9.17) is 19.9 Å². The van der Waals surface area contributed by atoms with Crippen molar-refractivity contribution in [2.45, 2.75) is 19.6 Å². The number of aliphatic hydroxyl groups excluding tert-OH is 1. The normalized spacial score (nSPS) is 12.2. The zero-order chi connectivity index (χ0) is 13.4. The second-order valence-electron chi connectivity index (χ2n) is 3.82. The number of ether oxygens (including phenoxy) is 3. The summed E-state index contributed by atoms with van der Waals surface area (Å²) in [5.41, 5.74) is 6.25. The molecule has 0 bridgehead atoms. The zero-order valence-corrected chi connectivity index (χ0v) is 10.9. The van der Waals surface area contributed by atoms with E-state index in [2.05, 4.69) is 0 Å². The molecule has 5 heteroatoms. The smallest absolute Gasteiger partial charge is 0.161 e. The molecule has 0 unspecified atom stereocenters. The quantitative estimate of drug-likeness (QED) is 0.723. The van der Waals surface area contributed by atoms with Crippen molar-refractivity contribution in [2.75, 3.05) is 26.9 Å². The maximum Gasteiger partial charge on any atom is 0.161 e. The molecule has 102 valence electrons. The molecule has 0 heterocycles. The van der Waals surface area contributed by atoms with E-state index >= 15 is 0 Å². The first kappa shape index (κ1) is 14.8. The fraction of sp³-hybridized carbons (Fsp3) is 0.538. The molecule has 1 aromatic carbocycles. The van der Waals surface area contributed by atoms with Crippen LogP contribution in [0.4, 0.5) is 0 Å². The molecule has 1 rings (SSSR count). The van der Waals surface area contributed by atoms with Gasteiger partial charge in [0.15, 0.2) is 11.5 Å². The van der Waals surface area contributed by atoms with Crippen molar-refractivity contribution in [1.29, 1.82) is 0 Å². The summed E-state index contributed by atoms with van der Waals surface area (Å²) < 4.78 is 16.0. The van der Waals surface area contributed by atoms with Crippen LogP contribution < -0.4 is 15.2 Å². The van der Waals surface area contributed by atoms with Gasteiger partial charge in [-0.05, 0) is 24.6 Å². The Balaban J connectivity index is 2.58. The highest BCUT2D eigenvalue weighted by Crippen LogP contribution is 2.28. The number of hydrogen-bond acceptors (Lipinski definition) is 5. The Labute approximate surface area is 107 Å². The first-order valence-electron chi connectivity index (χ1n) is 5.96. The SMILES string of the molecule is CCOc1cc(COC[C@H](O)CN)ccc1OC. The monoisotopic (exact) mass is 255 g/mol. The lowest BCUT2D eigenvalue weighted by atomic mass is 10.2. The van der Waals surface area contributed by atoms with Crippen LogP contribution in [0.1, 0.15) is 12.5 Å². The molecule has 0 radical (unpaired) electrons. The molecular weight excluding hydrogens is 234 g/mol. The standard InChI is InChI=1S/C13H21NO4/c1-3-18-13-6-10(4-5-12(13)16-2)8-17-9-11(15)7-14/h4-6,11,15H,3,7-9,14H2,1-2H3/t11-/m1/s1. The molecule has 0 aliphatic heterocycles. The molecule has 1 aromatic rings. The lowest BCUT2D eigenvalue weighted by Gasteiger charge is -2.12. The van der Waals surface area contributed by atoms with E-state index < -0.39 is 6.10 Å². The maximum absolute atomic E-state index is 9.26. The number of aliphatic hydroxyl groups is 1. The molecule has 0 aromatic heterocycles. The Bertz CT molecular complexity index is 357. The molecule has 18 heavy (non-hydrogen) atoms. The lowest BCUT2D eigenvalue weighted by Crippen LogP contribution is -2.24. The fourth-order valence-corrected chi connectivity index (χ4v) is 1.46. The molecule has 0 aliphatic carbocycles. The largest absolute Gasteiger partial charge is 0.493 e. The summed E-state index contributed by atoms with van der Waals surface area (Å²) in [6.07, 6.45) is -0.616. The van der Waals surface area contributed by atoms with Gasteiger partial charge in [-0.25, -0.2) is 0 Å². The zero-order valence-electron chi connectivity index (χ0n) is 10.9. The fourth-order valence-electron chi connectivity index (χ4n) is 1.46. The average molecular weight is 255 g/mol. The van der Waals surface area contributed by atoms with Gasteiger partial charge in [-0.3, -0.25) is 0 Å². The molecule has 3 N–H and O–H groups in total. The van der Waals surface area contributed by atoms with E-state index in [1.165, 1.54) is 0 Å². The van der Waals surface area contributed by atoms with Crippen molar-refractivity contribution >= 4 is 0 Å². The summed E-state index contributed by atoms with van der Waals surface area (Å²) in [6.45, 7) is 3.33. The Morgan fingerprint density at radius 2 is 2.11 bits per heavy atom. The summed E-state index contributed by atoms with van der Waals surface area (Å²) in [6, 6.07) is 5.61. The molecule has 0 saturated carbocycles. The summed E-state index contributed by atoms with van der Waals surface area (Å²) in [5.74, 6) is 1.39. The predicted octanol–water partition coefficient (Wildman–Crippen LogP) is 0.930. The second-order valence-corrected chi connectivity index (χ2v) is 3.82. The summed E-state index contributed by atoms with van der Waals surface area (Å²) >= 11 is 0. The van der Waals surface area contributed by atoms with Crippen LogP contribution in [0.5, 0.6) is 11.5 Å². The minimum absolute atomic E-state index is 0.201. The number of hydrogen-bond donors (Lipinski definition) is 2. The van der Waals surface area contributed by atoms with Crippen molar-refractivity contribution in [2.24, 2.45) is 5.73 Å². The van der Waals surface area contributed by atoms with Crippen LogP contribution in [0.15, 0.2) is 18.2 Å². The van der Waals surface area contributed by atoms with Crippen LogP contribution in [0.2, 0.25) is 0 Å². The van der Waals surface area contributed by atoms with Crippen molar-refractivity contribution in [3.05, 3.63) is 23.8 Å². The number of rotatable bonds is 8. The molecule has 0 saturated heterocycles. The third-order valence-corrected chi connectivity index (χ3v) is 2.38. The van der Waals surface area contributed by atoms with E-state index in [1.54, 1.807) is 7.11 Å². The molecule has 1 atom stereocenters. The van der Waals surface area contributed by atoms with Crippen molar-refractivity contribution in [1.82, 2.24) is 0 Å². The molecule has 0 aliphatic rings. The molecule has 0 fully saturated rings. The van der Waals surface area contributed by atoms with Gasteiger partial charge in [-0.1, -0.05) is 6.07 Å². The number of benzene rings is 1. The van der Waals surface area contributed by atoms with Crippen LogP contribution in [0, 0.1) is 0 Å². The maximum atomic E-state index is 9.26. The molecule has 5 nitrogen and oxygen atoms in total. The molecule has 0 spiro atoms. The van der Waals surface area contributed by atoms with Crippen LogP contribution >= 0.6 is 0 Å². The minimum atomic E-state index is -0.616. The van der Waals surface area contributed by atoms with Gasteiger partial charge in [0, 0.05) is 6.54 Å². The van der Waals surface area contributed by atoms with E-state index in [0.29, 0.717) is 24.7 Å². The van der Waals surface area contributed by atoms with Crippen LogP contribution in [0.3, 0.4) is 0 Å². The average Bonchev–Trinajstić information content (AvgIpc) is 2.39. The highest BCUT2D eigenvalue weighted by molar-refractivity contribution is 5.42. The van der Waals surface area contributed by atoms with Gasteiger partial charge in [0.05, 0.1) is 33.0 Å². The topological polar surface area (TPSA) is 73.9 Å². The third-order valence-electron chi connectivity index (χ3n) is 2.38. The minimum Gasteiger partial charge on any atom is -0.493 e. The Morgan fingerprint density at radius 3 is 2.72 bits per heavy atom. The van der Waals surface area contributed by atoms with E-state index in [9.17, 15) is 5.11 Å². The summed E-state index contributed by atoms with van der Waals surface area (Å²) in [5, 5.41) is 9.26. The first-order valence-corrected chi connectivity index (χ1v) is 5.96. The van der Waals surface area contributed by atoms with Gasteiger partial charge in [0.25, 0.3) is 0 Å². The van der Waals surface area contributed by atoms with Crippen LogP contribution in [0.25, 0.3) is 0 Å². The van der Waals surface area contributed by atoms with Crippen LogP contribution in [-0.2, 0) is 11.3 Å².